The van der Waals surface area contributed by atoms with Gasteiger partial charge in [-0.1, -0.05) is 25.5 Å². The second-order valence-electron chi connectivity index (χ2n) is 4.10. The highest BCUT2D eigenvalue weighted by molar-refractivity contribution is 5.05. The summed E-state index contributed by atoms with van der Waals surface area (Å²) in [5, 5.41) is 3.40. The molecule has 1 atom stereocenters. The molecule has 0 aromatic carbocycles. The van der Waals surface area contributed by atoms with Crippen molar-refractivity contribution in [2.24, 2.45) is 0 Å². The van der Waals surface area contributed by atoms with Crippen LogP contribution in [0.1, 0.15) is 33.6 Å². The minimum Gasteiger partial charge on any atom is -0.374 e. The summed E-state index contributed by atoms with van der Waals surface area (Å²) in [6.45, 7) is 8.42. The summed E-state index contributed by atoms with van der Waals surface area (Å²) in [5.41, 5.74) is 1.39. The lowest BCUT2D eigenvalue weighted by Gasteiger charge is -2.10. The molecule has 0 aliphatic carbocycles. The van der Waals surface area contributed by atoms with Crippen molar-refractivity contribution in [1.82, 2.24) is 5.32 Å². The molecule has 1 rings (SSSR count). The van der Waals surface area contributed by atoms with Gasteiger partial charge in [0.05, 0.1) is 6.10 Å². The average molecular weight is 183 g/mol. The van der Waals surface area contributed by atoms with E-state index < -0.39 is 0 Å². The van der Waals surface area contributed by atoms with E-state index in [1.807, 2.05) is 0 Å². The zero-order valence-electron chi connectivity index (χ0n) is 8.97. The number of rotatable bonds is 4. The minimum absolute atomic E-state index is 0.383. The first kappa shape index (κ1) is 10.7. The van der Waals surface area contributed by atoms with Crippen molar-refractivity contribution in [2.75, 3.05) is 13.2 Å². The Bertz CT molecular complexity index is 169. The molecule has 76 valence electrons. The van der Waals surface area contributed by atoms with Crippen LogP contribution in [0.3, 0.4) is 0 Å². The Morgan fingerprint density at radius 1 is 1.62 bits per heavy atom. The molecule has 2 heteroatoms. The van der Waals surface area contributed by atoms with Crippen LogP contribution in [0, 0.1) is 0 Å². The van der Waals surface area contributed by atoms with Crippen LogP contribution in [-0.2, 0) is 4.74 Å². The van der Waals surface area contributed by atoms with Crippen LogP contribution in [-0.4, -0.2) is 25.3 Å². The van der Waals surface area contributed by atoms with Crippen molar-refractivity contribution in [3.8, 4) is 0 Å². The van der Waals surface area contributed by atoms with E-state index >= 15 is 0 Å². The van der Waals surface area contributed by atoms with E-state index in [4.69, 9.17) is 4.74 Å². The van der Waals surface area contributed by atoms with E-state index in [0.717, 1.165) is 13.2 Å². The molecular formula is C11H21NO. The fourth-order valence-electron chi connectivity index (χ4n) is 1.48. The fourth-order valence-corrected chi connectivity index (χ4v) is 1.48. The largest absolute Gasteiger partial charge is 0.374 e. The van der Waals surface area contributed by atoms with Gasteiger partial charge in [0.2, 0.25) is 0 Å². The summed E-state index contributed by atoms with van der Waals surface area (Å²) in [6, 6.07) is 0.563. The Morgan fingerprint density at radius 3 is 2.92 bits per heavy atom. The molecule has 0 saturated carbocycles. The lowest BCUT2D eigenvalue weighted by Crippen LogP contribution is -2.24. The molecule has 1 aliphatic heterocycles. The minimum atomic E-state index is 0.383. The van der Waals surface area contributed by atoms with Crippen LogP contribution >= 0.6 is 0 Å². The second-order valence-corrected chi connectivity index (χ2v) is 4.10. The SMILES string of the molecule is C/C(=C\C1CCCO1)CNC(C)C. The molecule has 1 N–H and O–H groups in total. The Labute approximate surface area is 81.4 Å². The predicted octanol–water partition coefficient (Wildman–Crippen LogP) is 2.11. The van der Waals surface area contributed by atoms with Gasteiger partial charge in [-0.15, -0.1) is 0 Å². The zero-order chi connectivity index (χ0) is 9.68. The van der Waals surface area contributed by atoms with Gasteiger partial charge in [0.1, 0.15) is 0 Å². The molecule has 0 radical (unpaired) electrons. The Balaban J connectivity index is 2.24. The highest BCUT2D eigenvalue weighted by atomic mass is 16.5. The van der Waals surface area contributed by atoms with E-state index in [1.165, 1.54) is 18.4 Å². The number of ether oxygens (including phenoxy) is 1. The molecule has 2 nitrogen and oxygen atoms in total. The van der Waals surface area contributed by atoms with Crippen molar-refractivity contribution in [1.29, 1.82) is 0 Å². The van der Waals surface area contributed by atoms with E-state index in [0.29, 0.717) is 12.1 Å². The molecule has 0 amide bonds. The smallest absolute Gasteiger partial charge is 0.0759 e. The molecule has 0 bridgehead atoms. The molecule has 0 aromatic rings. The van der Waals surface area contributed by atoms with Crippen LogP contribution in [0.15, 0.2) is 11.6 Å². The quantitative estimate of drug-likeness (QED) is 0.674. The summed E-state index contributed by atoms with van der Waals surface area (Å²) in [6.07, 6.45) is 5.04. The molecule has 13 heavy (non-hydrogen) atoms. The van der Waals surface area contributed by atoms with Crippen molar-refractivity contribution in [3.63, 3.8) is 0 Å². The standard InChI is InChI=1S/C11H21NO/c1-9(2)12-8-10(3)7-11-5-4-6-13-11/h7,9,11-12H,4-6,8H2,1-3H3/b10-7+. The summed E-state index contributed by atoms with van der Waals surface area (Å²) in [7, 11) is 0. The Morgan fingerprint density at radius 2 is 2.38 bits per heavy atom. The van der Waals surface area contributed by atoms with E-state index in [2.05, 4.69) is 32.2 Å². The van der Waals surface area contributed by atoms with Gasteiger partial charge in [-0.3, -0.25) is 0 Å². The molecule has 1 heterocycles. The average Bonchev–Trinajstić information content (AvgIpc) is 2.53. The van der Waals surface area contributed by atoms with Crippen LogP contribution < -0.4 is 5.32 Å². The molecule has 0 aromatic heterocycles. The maximum Gasteiger partial charge on any atom is 0.0759 e. The van der Waals surface area contributed by atoms with Crippen LogP contribution in [0.25, 0.3) is 0 Å². The second kappa shape index (κ2) is 5.40. The summed E-state index contributed by atoms with van der Waals surface area (Å²) in [5.74, 6) is 0. The normalized spacial score (nSPS) is 24.3. The first-order valence-corrected chi connectivity index (χ1v) is 5.21. The fraction of sp³-hybridized carbons (Fsp3) is 0.818. The Kier molecular flexibility index (Phi) is 4.46. The third-order valence-electron chi connectivity index (χ3n) is 2.22. The lowest BCUT2D eigenvalue weighted by molar-refractivity contribution is 0.145. The van der Waals surface area contributed by atoms with E-state index in [9.17, 15) is 0 Å². The maximum atomic E-state index is 5.53. The molecular weight excluding hydrogens is 162 g/mol. The first-order valence-electron chi connectivity index (χ1n) is 5.21. The van der Waals surface area contributed by atoms with Gasteiger partial charge in [-0.05, 0) is 19.8 Å². The first-order chi connectivity index (χ1) is 6.18. The molecule has 1 unspecified atom stereocenters. The maximum absolute atomic E-state index is 5.53. The van der Waals surface area contributed by atoms with Gasteiger partial charge in [0.15, 0.2) is 0 Å². The Hall–Kier alpha value is -0.340. The van der Waals surface area contributed by atoms with Gasteiger partial charge < -0.3 is 10.1 Å². The predicted molar refractivity (Wildman–Crippen MR) is 55.9 cm³/mol. The van der Waals surface area contributed by atoms with Crippen LogP contribution in [0.5, 0.6) is 0 Å². The van der Waals surface area contributed by atoms with Gasteiger partial charge in [0.25, 0.3) is 0 Å². The van der Waals surface area contributed by atoms with Crippen molar-refractivity contribution in [2.45, 2.75) is 45.8 Å². The van der Waals surface area contributed by atoms with Crippen molar-refractivity contribution in [3.05, 3.63) is 11.6 Å². The lowest BCUT2D eigenvalue weighted by atomic mass is 10.1. The van der Waals surface area contributed by atoms with E-state index in [1.54, 1.807) is 0 Å². The molecule has 1 saturated heterocycles. The summed E-state index contributed by atoms with van der Waals surface area (Å²) < 4.78 is 5.53. The van der Waals surface area contributed by atoms with Gasteiger partial charge in [0, 0.05) is 19.2 Å². The molecule has 1 fully saturated rings. The third-order valence-corrected chi connectivity index (χ3v) is 2.22. The number of nitrogens with one attached hydrogen (secondary N) is 1. The van der Waals surface area contributed by atoms with Crippen molar-refractivity contribution >= 4 is 0 Å². The van der Waals surface area contributed by atoms with Crippen molar-refractivity contribution < 1.29 is 4.74 Å². The number of hydrogen-bond donors (Lipinski definition) is 1. The van der Waals surface area contributed by atoms with Gasteiger partial charge in [-0.2, -0.15) is 0 Å². The highest BCUT2D eigenvalue weighted by Gasteiger charge is 2.12. The monoisotopic (exact) mass is 183 g/mol. The number of hydrogen-bond acceptors (Lipinski definition) is 2. The molecule has 0 spiro atoms. The van der Waals surface area contributed by atoms with Crippen LogP contribution in [0.2, 0.25) is 0 Å². The molecule has 1 aliphatic rings. The van der Waals surface area contributed by atoms with Gasteiger partial charge in [-0.25, -0.2) is 0 Å². The third kappa shape index (κ3) is 4.44. The summed E-state index contributed by atoms with van der Waals surface area (Å²) >= 11 is 0. The van der Waals surface area contributed by atoms with Gasteiger partial charge >= 0.3 is 0 Å². The topological polar surface area (TPSA) is 21.3 Å². The zero-order valence-corrected chi connectivity index (χ0v) is 8.97. The summed E-state index contributed by atoms with van der Waals surface area (Å²) in [4.78, 5) is 0. The van der Waals surface area contributed by atoms with E-state index in [-0.39, 0.29) is 0 Å². The highest BCUT2D eigenvalue weighted by Crippen LogP contribution is 2.14. The van der Waals surface area contributed by atoms with Crippen LogP contribution in [0.4, 0.5) is 0 Å².